The molecule has 1 aliphatic rings. The Hall–Kier alpha value is -6.97. The molecule has 3 heteroatoms. The lowest BCUT2D eigenvalue weighted by molar-refractivity contribution is 0.795. The van der Waals surface area contributed by atoms with Crippen molar-refractivity contribution >= 4 is 87.8 Å². The summed E-state index contributed by atoms with van der Waals surface area (Å²) in [7, 11) is 0. The highest BCUT2D eigenvalue weighted by atomic mass is 15.1. The fourth-order valence-electron chi connectivity index (χ4n) is 9.57. The van der Waals surface area contributed by atoms with Gasteiger partial charge in [-0.25, -0.2) is 4.99 Å². The fourth-order valence-corrected chi connectivity index (χ4v) is 9.57. The van der Waals surface area contributed by atoms with Gasteiger partial charge in [-0.05, 0) is 81.9 Å². The smallest absolute Gasteiger partial charge is 0.121 e. The summed E-state index contributed by atoms with van der Waals surface area (Å²) in [6.45, 7) is 2.30. The first kappa shape index (κ1) is 30.5. The van der Waals surface area contributed by atoms with E-state index in [0.717, 1.165) is 23.5 Å². The quantitative estimate of drug-likeness (QED) is 0.175. The molecule has 0 spiro atoms. The molecule has 0 bridgehead atoms. The molecular weight excluding hydrogens is 667 g/mol. The summed E-state index contributed by atoms with van der Waals surface area (Å²) in [5.41, 5.74) is 13.2. The van der Waals surface area contributed by atoms with Crippen LogP contribution in [0.4, 0.5) is 5.69 Å². The van der Waals surface area contributed by atoms with Crippen LogP contribution in [0, 0.1) is 5.92 Å². The van der Waals surface area contributed by atoms with Gasteiger partial charge in [-0.3, -0.25) is 4.57 Å². The first-order valence-electron chi connectivity index (χ1n) is 19.3. The summed E-state index contributed by atoms with van der Waals surface area (Å²) in [4.78, 5) is 5.72. The van der Waals surface area contributed by atoms with Crippen LogP contribution < -0.4 is 0 Å². The van der Waals surface area contributed by atoms with Crippen molar-refractivity contribution in [3.05, 3.63) is 187 Å². The van der Waals surface area contributed by atoms with Crippen LogP contribution in [-0.2, 0) is 0 Å². The fraction of sp³-hybridized carbons (Fsp3) is 0.0577. The monoisotopic (exact) mass is 701 g/mol. The highest BCUT2D eigenvalue weighted by molar-refractivity contribution is 6.36. The number of fused-ring (bicyclic) bond motifs is 12. The number of benzene rings is 8. The van der Waals surface area contributed by atoms with E-state index in [1.54, 1.807) is 0 Å². The molecule has 0 radical (unpaired) electrons. The topological polar surface area (TPSA) is 21.7 Å². The number of nitrogens with zero attached hydrogens (tertiary/aromatic N) is 3. The predicted molar refractivity (Wildman–Crippen MR) is 233 cm³/mol. The van der Waals surface area contributed by atoms with Gasteiger partial charge in [0, 0.05) is 43.8 Å². The van der Waals surface area contributed by atoms with Crippen LogP contribution in [0.15, 0.2) is 181 Å². The van der Waals surface area contributed by atoms with Crippen LogP contribution in [0.25, 0.3) is 87.4 Å². The molecule has 8 aromatic carbocycles. The van der Waals surface area contributed by atoms with Gasteiger partial charge in [0.05, 0.1) is 33.3 Å². The molecule has 11 aromatic rings. The van der Waals surface area contributed by atoms with Crippen LogP contribution >= 0.6 is 0 Å². The van der Waals surface area contributed by atoms with E-state index in [4.69, 9.17) is 4.99 Å². The van der Waals surface area contributed by atoms with E-state index < -0.39 is 0 Å². The summed E-state index contributed by atoms with van der Waals surface area (Å²) in [6.07, 6.45) is 3.40. The Morgan fingerprint density at radius 2 is 1.20 bits per heavy atom. The molecule has 0 aliphatic carbocycles. The summed E-state index contributed by atoms with van der Waals surface area (Å²) in [6, 6.07) is 62.3. The van der Waals surface area contributed by atoms with Gasteiger partial charge in [0.2, 0.25) is 0 Å². The van der Waals surface area contributed by atoms with E-state index in [2.05, 4.69) is 192 Å². The minimum Gasteiger partial charge on any atom is -0.308 e. The average molecular weight is 702 g/mol. The van der Waals surface area contributed by atoms with Gasteiger partial charge in [0.1, 0.15) is 5.84 Å². The molecule has 0 fully saturated rings. The van der Waals surface area contributed by atoms with Crippen molar-refractivity contribution in [2.45, 2.75) is 13.3 Å². The molecule has 12 rings (SSSR count). The molecule has 0 N–H and O–H groups in total. The highest BCUT2D eigenvalue weighted by Gasteiger charge is 2.29. The average Bonchev–Trinajstić information content (AvgIpc) is 3.83. The van der Waals surface area contributed by atoms with Crippen molar-refractivity contribution in [3.63, 3.8) is 0 Å². The summed E-state index contributed by atoms with van der Waals surface area (Å²) in [5.74, 6) is 1.11. The maximum Gasteiger partial charge on any atom is 0.121 e. The van der Waals surface area contributed by atoms with Crippen molar-refractivity contribution in [2.75, 3.05) is 0 Å². The Kier molecular flexibility index (Phi) is 6.38. The lowest BCUT2D eigenvalue weighted by Gasteiger charge is -2.18. The molecule has 258 valence electrons. The summed E-state index contributed by atoms with van der Waals surface area (Å²) >= 11 is 0. The number of rotatable bonds is 3. The molecule has 55 heavy (non-hydrogen) atoms. The van der Waals surface area contributed by atoms with Gasteiger partial charge >= 0.3 is 0 Å². The van der Waals surface area contributed by atoms with Crippen molar-refractivity contribution in [2.24, 2.45) is 10.9 Å². The van der Waals surface area contributed by atoms with E-state index in [0.29, 0.717) is 0 Å². The Morgan fingerprint density at radius 1 is 0.491 bits per heavy atom. The third-order valence-corrected chi connectivity index (χ3v) is 12.1. The zero-order valence-electron chi connectivity index (χ0n) is 30.4. The molecular formula is C52H35N3. The number of para-hydroxylation sites is 3. The molecule has 3 nitrogen and oxygen atoms in total. The lowest BCUT2D eigenvalue weighted by Crippen LogP contribution is -2.20. The second-order valence-corrected chi connectivity index (χ2v) is 15.0. The maximum absolute atomic E-state index is 5.72. The number of aromatic nitrogens is 2. The molecule has 1 unspecified atom stereocenters. The van der Waals surface area contributed by atoms with Crippen molar-refractivity contribution in [1.82, 2.24) is 8.97 Å². The first-order chi connectivity index (χ1) is 27.2. The van der Waals surface area contributed by atoms with Crippen molar-refractivity contribution in [1.29, 1.82) is 0 Å². The summed E-state index contributed by atoms with van der Waals surface area (Å²) in [5, 5.41) is 10.2. The second kappa shape index (κ2) is 11.5. The zero-order valence-corrected chi connectivity index (χ0v) is 30.4. The van der Waals surface area contributed by atoms with Gasteiger partial charge in [-0.2, -0.15) is 0 Å². The molecule has 0 saturated carbocycles. The van der Waals surface area contributed by atoms with Gasteiger partial charge in [-0.15, -0.1) is 0 Å². The van der Waals surface area contributed by atoms with Gasteiger partial charge in [0.15, 0.2) is 0 Å². The molecule has 1 aliphatic heterocycles. The van der Waals surface area contributed by atoms with Crippen LogP contribution in [0.2, 0.25) is 0 Å². The molecule has 0 saturated heterocycles. The molecule has 1 atom stereocenters. The standard InChI is InChI=1S/C52H35N3/c1-2-32-29-41(37-25-24-34-16-6-7-17-35(34)28-37)38-18-8-11-21-44(38)53-52(32)55-47-27-26-36(33-14-4-3-5-15-33)30-43(47)49-48(55)31-42-39-19-9-12-22-45(39)54-46-23-13-10-20-40(46)50(49)51(42)54/h3-32H,2H2,1H3. The third-order valence-electron chi connectivity index (χ3n) is 12.1. The van der Waals surface area contributed by atoms with E-state index in [-0.39, 0.29) is 5.92 Å². The largest absolute Gasteiger partial charge is 0.308 e. The normalized spacial score (nSPS) is 14.7. The summed E-state index contributed by atoms with van der Waals surface area (Å²) < 4.78 is 5.00. The van der Waals surface area contributed by atoms with Crippen LogP contribution in [0.1, 0.15) is 24.5 Å². The Labute approximate surface area is 318 Å². The molecule has 3 aromatic heterocycles. The van der Waals surface area contributed by atoms with Crippen LogP contribution in [-0.4, -0.2) is 14.8 Å². The Morgan fingerprint density at radius 3 is 2.05 bits per heavy atom. The molecule has 0 amide bonds. The zero-order chi connectivity index (χ0) is 36.2. The van der Waals surface area contributed by atoms with Crippen LogP contribution in [0.3, 0.4) is 0 Å². The minimum atomic E-state index is 0.0550. The van der Waals surface area contributed by atoms with Gasteiger partial charge in [-0.1, -0.05) is 140 Å². The number of allylic oxidation sites excluding steroid dienone is 1. The SMILES string of the molecule is CCC1C=C(c2ccc3ccccc3c2)c2ccccc2N=C1n1c2ccc(-c3ccccc3)cc2c2c3c4ccccc4n4c5ccccc5c(cc21)c34. The van der Waals surface area contributed by atoms with Gasteiger partial charge < -0.3 is 4.40 Å². The third kappa shape index (κ3) is 4.29. The Bertz CT molecular complexity index is 3410. The highest BCUT2D eigenvalue weighted by Crippen LogP contribution is 2.47. The maximum atomic E-state index is 5.72. The Balaban J connectivity index is 1.22. The molecule has 4 heterocycles. The minimum absolute atomic E-state index is 0.0550. The van der Waals surface area contributed by atoms with Crippen LogP contribution in [0.5, 0.6) is 0 Å². The van der Waals surface area contributed by atoms with E-state index in [1.807, 2.05) is 0 Å². The van der Waals surface area contributed by atoms with E-state index in [1.165, 1.54) is 92.9 Å². The lowest BCUT2D eigenvalue weighted by atomic mass is 9.91. The van der Waals surface area contributed by atoms with Crippen molar-refractivity contribution in [3.8, 4) is 11.1 Å². The number of aliphatic imine (C=N–C) groups is 1. The number of hydrogen-bond donors (Lipinski definition) is 0. The number of hydrogen-bond acceptors (Lipinski definition) is 1. The second-order valence-electron chi connectivity index (χ2n) is 15.0. The first-order valence-corrected chi connectivity index (χ1v) is 19.3. The van der Waals surface area contributed by atoms with Crippen molar-refractivity contribution < 1.29 is 0 Å². The van der Waals surface area contributed by atoms with E-state index >= 15 is 0 Å². The van der Waals surface area contributed by atoms with E-state index in [9.17, 15) is 0 Å². The van der Waals surface area contributed by atoms with Gasteiger partial charge in [0.25, 0.3) is 0 Å². The predicted octanol–water partition coefficient (Wildman–Crippen LogP) is 13.8.